The van der Waals surface area contributed by atoms with Crippen LogP contribution in [0.4, 0.5) is 5.69 Å². The minimum absolute atomic E-state index is 0.218. The summed E-state index contributed by atoms with van der Waals surface area (Å²) in [5.41, 5.74) is 7.42. The van der Waals surface area contributed by atoms with E-state index in [1.807, 2.05) is 26.0 Å². The zero-order chi connectivity index (χ0) is 9.84. The SMILES string of the molecule is CC(C)OCc1ccc(Cl)cc1N. The van der Waals surface area contributed by atoms with Crippen LogP contribution >= 0.6 is 11.6 Å². The quantitative estimate of drug-likeness (QED) is 0.760. The van der Waals surface area contributed by atoms with Crippen LogP contribution in [0.3, 0.4) is 0 Å². The fourth-order valence-corrected chi connectivity index (χ4v) is 1.13. The van der Waals surface area contributed by atoms with E-state index in [1.165, 1.54) is 0 Å². The molecule has 1 rings (SSSR count). The van der Waals surface area contributed by atoms with E-state index >= 15 is 0 Å². The fourth-order valence-electron chi connectivity index (χ4n) is 0.954. The molecular weight excluding hydrogens is 186 g/mol. The first kappa shape index (κ1) is 10.4. The molecule has 2 nitrogen and oxygen atoms in total. The van der Waals surface area contributed by atoms with Crippen LogP contribution in [0.15, 0.2) is 18.2 Å². The standard InChI is InChI=1S/C10H14ClNO/c1-7(2)13-6-8-3-4-9(11)5-10(8)12/h3-5,7H,6,12H2,1-2H3. The Labute approximate surface area is 83.6 Å². The predicted octanol–water partition coefficient (Wildman–Crippen LogP) is 2.85. The molecule has 0 bridgehead atoms. The molecule has 0 saturated heterocycles. The molecule has 0 spiro atoms. The van der Waals surface area contributed by atoms with Gasteiger partial charge < -0.3 is 10.5 Å². The van der Waals surface area contributed by atoms with Crippen LogP contribution in [0.1, 0.15) is 19.4 Å². The molecule has 0 aromatic heterocycles. The van der Waals surface area contributed by atoms with Crippen LogP contribution in [0.5, 0.6) is 0 Å². The zero-order valence-electron chi connectivity index (χ0n) is 7.88. The Hall–Kier alpha value is -0.730. The Balaban J connectivity index is 2.67. The number of anilines is 1. The van der Waals surface area contributed by atoms with Crippen LogP contribution in [0, 0.1) is 0 Å². The maximum absolute atomic E-state index is 5.76. The van der Waals surface area contributed by atoms with Crippen molar-refractivity contribution >= 4 is 17.3 Å². The summed E-state index contributed by atoms with van der Waals surface area (Å²) in [4.78, 5) is 0. The molecule has 0 aliphatic heterocycles. The number of nitrogens with two attached hydrogens (primary N) is 1. The number of hydrogen-bond acceptors (Lipinski definition) is 2. The lowest BCUT2D eigenvalue weighted by atomic mass is 10.2. The largest absolute Gasteiger partial charge is 0.398 e. The average Bonchev–Trinajstić information content (AvgIpc) is 2.02. The van der Waals surface area contributed by atoms with Crippen molar-refractivity contribution in [2.45, 2.75) is 26.6 Å². The van der Waals surface area contributed by atoms with E-state index in [1.54, 1.807) is 6.07 Å². The molecule has 0 saturated carbocycles. The molecule has 0 heterocycles. The van der Waals surface area contributed by atoms with Crippen molar-refractivity contribution in [2.75, 3.05) is 5.73 Å². The molecule has 0 aliphatic rings. The van der Waals surface area contributed by atoms with Crippen molar-refractivity contribution < 1.29 is 4.74 Å². The van der Waals surface area contributed by atoms with Gasteiger partial charge in [0.25, 0.3) is 0 Å². The third-order valence-corrected chi connectivity index (χ3v) is 1.92. The van der Waals surface area contributed by atoms with Crippen LogP contribution < -0.4 is 5.73 Å². The molecule has 13 heavy (non-hydrogen) atoms. The van der Waals surface area contributed by atoms with Crippen LogP contribution in [-0.4, -0.2) is 6.10 Å². The molecule has 0 radical (unpaired) electrons. The van der Waals surface area contributed by atoms with Crippen molar-refractivity contribution in [2.24, 2.45) is 0 Å². The molecule has 0 fully saturated rings. The highest BCUT2D eigenvalue weighted by atomic mass is 35.5. The first-order valence-electron chi connectivity index (χ1n) is 4.25. The summed E-state index contributed by atoms with van der Waals surface area (Å²) >= 11 is 5.76. The summed E-state index contributed by atoms with van der Waals surface area (Å²) in [6, 6.07) is 5.44. The van der Waals surface area contributed by atoms with Gasteiger partial charge in [-0.15, -0.1) is 0 Å². The van der Waals surface area contributed by atoms with Crippen LogP contribution in [0.25, 0.3) is 0 Å². The van der Waals surface area contributed by atoms with Gasteiger partial charge >= 0.3 is 0 Å². The normalized spacial score (nSPS) is 10.8. The highest BCUT2D eigenvalue weighted by molar-refractivity contribution is 6.30. The highest BCUT2D eigenvalue weighted by Crippen LogP contribution is 2.18. The van der Waals surface area contributed by atoms with E-state index in [0.717, 1.165) is 5.56 Å². The second-order valence-corrected chi connectivity index (χ2v) is 3.64. The number of halogens is 1. The van der Waals surface area contributed by atoms with Gasteiger partial charge in [-0.25, -0.2) is 0 Å². The van der Waals surface area contributed by atoms with Gasteiger partial charge in [-0.05, 0) is 26.0 Å². The first-order valence-corrected chi connectivity index (χ1v) is 4.63. The van der Waals surface area contributed by atoms with Gasteiger partial charge in [-0.3, -0.25) is 0 Å². The van der Waals surface area contributed by atoms with Gasteiger partial charge in [0.2, 0.25) is 0 Å². The Kier molecular flexibility index (Phi) is 3.58. The Morgan fingerprint density at radius 1 is 1.46 bits per heavy atom. The molecule has 0 aliphatic carbocycles. The van der Waals surface area contributed by atoms with E-state index in [-0.39, 0.29) is 6.10 Å². The maximum atomic E-state index is 5.76. The first-order chi connectivity index (χ1) is 6.09. The van der Waals surface area contributed by atoms with Crippen LogP contribution in [-0.2, 0) is 11.3 Å². The number of nitrogen functional groups attached to an aromatic ring is 1. The lowest BCUT2D eigenvalue weighted by Crippen LogP contribution is -2.04. The molecule has 2 N–H and O–H groups in total. The van der Waals surface area contributed by atoms with Gasteiger partial charge in [0.15, 0.2) is 0 Å². The van der Waals surface area contributed by atoms with E-state index in [4.69, 9.17) is 22.1 Å². The van der Waals surface area contributed by atoms with E-state index in [9.17, 15) is 0 Å². The van der Waals surface area contributed by atoms with Crippen LogP contribution in [0.2, 0.25) is 5.02 Å². The number of rotatable bonds is 3. The zero-order valence-corrected chi connectivity index (χ0v) is 8.64. The molecule has 0 atom stereocenters. The summed E-state index contributed by atoms with van der Waals surface area (Å²) in [6.45, 7) is 4.53. The third kappa shape index (κ3) is 3.25. The van der Waals surface area contributed by atoms with Crippen molar-refractivity contribution in [3.8, 4) is 0 Å². The lowest BCUT2D eigenvalue weighted by Gasteiger charge is -2.09. The number of hydrogen-bond donors (Lipinski definition) is 1. The smallest absolute Gasteiger partial charge is 0.0740 e. The minimum atomic E-state index is 0.218. The maximum Gasteiger partial charge on any atom is 0.0740 e. The Morgan fingerprint density at radius 2 is 2.15 bits per heavy atom. The van der Waals surface area contributed by atoms with Gasteiger partial charge in [0, 0.05) is 16.3 Å². The summed E-state index contributed by atoms with van der Waals surface area (Å²) in [5, 5.41) is 0.658. The van der Waals surface area contributed by atoms with Crippen molar-refractivity contribution in [3.63, 3.8) is 0 Å². The van der Waals surface area contributed by atoms with E-state index < -0.39 is 0 Å². The molecule has 1 aromatic carbocycles. The van der Waals surface area contributed by atoms with Crippen molar-refractivity contribution in [1.82, 2.24) is 0 Å². The van der Waals surface area contributed by atoms with Gasteiger partial charge in [-0.2, -0.15) is 0 Å². The van der Waals surface area contributed by atoms with Crippen molar-refractivity contribution in [1.29, 1.82) is 0 Å². The fraction of sp³-hybridized carbons (Fsp3) is 0.400. The molecule has 0 amide bonds. The summed E-state index contributed by atoms with van der Waals surface area (Å²) in [5.74, 6) is 0. The highest BCUT2D eigenvalue weighted by Gasteiger charge is 2.01. The average molecular weight is 200 g/mol. The van der Waals surface area contributed by atoms with Gasteiger partial charge in [-0.1, -0.05) is 17.7 Å². The van der Waals surface area contributed by atoms with Gasteiger partial charge in [0.1, 0.15) is 0 Å². The number of ether oxygens (including phenoxy) is 1. The predicted molar refractivity (Wildman–Crippen MR) is 55.8 cm³/mol. The molecule has 72 valence electrons. The minimum Gasteiger partial charge on any atom is -0.398 e. The molecule has 1 aromatic rings. The third-order valence-electron chi connectivity index (χ3n) is 1.68. The second kappa shape index (κ2) is 4.49. The summed E-state index contributed by atoms with van der Waals surface area (Å²) < 4.78 is 5.43. The lowest BCUT2D eigenvalue weighted by molar-refractivity contribution is 0.0661. The monoisotopic (exact) mass is 199 g/mol. The van der Waals surface area contributed by atoms with E-state index in [0.29, 0.717) is 17.3 Å². The van der Waals surface area contributed by atoms with Crippen molar-refractivity contribution in [3.05, 3.63) is 28.8 Å². The molecular formula is C10H14ClNO. The Morgan fingerprint density at radius 3 is 2.69 bits per heavy atom. The van der Waals surface area contributed by atoms with Gasteiger partial charge in [0.05, 0.1) is 12.7 Å². The molecule has 0 unspecified atom stereocenters. The summed E-state index contributed by atoms with van der Waals surface area (Å²) in [6.07, 6.45) is 0.218. The number of benzene rings is 1. The Bertz CT molecular complexity index is 286. The summed E-state index contributed by atoms with van der Waals surface area (Å²) in [7, 11) is 0. The van der Waals surface area contributed by atoms with E-state index in [2.05, 4.69) is 0 Å². The second-order valence-electron chi connectivity index (χ2n) is 3.20. The topological polar surface area (TPSA) is 35.2 Å². The molecule has 3 heteroatoms.